The number of methoxy groups -OCH3 is 1. The van der Waals surface area contributed by atoms with Crippen LogP contribution in [0.4, 0.5) is 5.82 Å². The van der Waals surface area contributed by atoms with Crippen molar-refractivity contribution in [2.45, 2.75) is 24.6 Å². The molecule has 1 aliphatic rings. The molecule has 0 spiro atoms. The second-order valence-electron chi connectivity index (χ2n) is 6.87. The lowest BCUT2D eigenvalue weighted by atomic mass is 10.2. The maximum Gasteiger partial charge on any atom is 0.256 e. The number of carbonyl (C=O) groups is 2. The highest BCUT2D eigenvalue weighted by molar-refractivity contribution is 7.98. The third-order valence-electron chi connectivity index (χ3n) is 4.83. The molecule has 8 heteroatoms. The number of ether oxygens (including phenoxy) is 1. The third kappa shape index (κ3) is 4.49. The third-order valence-corrected chi connectivity index (χ3v) is 5.80. The van der Waals surface area contributed by atoms with Crippen LogP contribution in [-0.4, -0.2) is 28.7 Å². The van der Waals surface area contributed by atoms with Crippen molar-refractivity contribution in [3.05, 3.63) is 77.0 Å². The Morgan fingerprint density at radius 2 is 1.87 bits per heavy atom. The monoisotopic (exact) mass is 422 g/mol. The maximum absolute atomic E-state index is 12.8. The molecule has 0 radical (unpaired) electrons. The highest BCUT2D eigenvalue weighted by atomic mass is 32.2. The second kappa shape index (κ2) is 9.04. The van der Waals surface area contributed by atoms with Gasteiger partial charge in [0, 0.05) is 29.2 Å². The van der Waals surface area contributed by atoms with Crippen molar-refractivity contribution in [2.75, 3.05) is 12.4 Å². The number of aromatic nitrogens is 2. The molecular formula is C22H22N4O3S. The summed E-state index contributed by atoms with van der Waals surface area (Å²) in [6.45, 7) is 0.493. The van der Waals surface area contributed by atoms with E-state index in [9.17, 15) is 9.59 Å². The fourth-order valence-corrected chi connectivity index (χ4v) is 4.27. The summed E-state index contributed by atoms with van der Waals surface area (Å²) in [5.41, 5.74) is 3.44. The van der Waals surface area contributed by atoms with Gasteiger partial charge in [0.25, 0.3) is 5.91 Å². The Morgan fingerprint density at radius 1 is 1.10 bits per heavy atom. The van der Waals surface area contributed by atoms with Crippen LogP contribution in [0.3, 0.4) is 0 Å². The van der Waals surface area contributed by atoms with Gasteiger partial charge < -0.3 is 15.4 Å². The van der Waals surface area contributed by atoms with E-state index in [-0.39, 0.29) is 18.4 Å². The first kappa shape index (κ1) is 20.0. The molecule has 30 heavy (non-hydrogen) atoms. The predicted molar refractivity (Wildman–Crippen MR) is 116 cm³/mol. The van der Waals surface area contributed by atoms with E-state index in [2.05, 4.69) is 15.7 Å². The lowest BCUT2D eigenvalue weighted by molar-refractivity contribution is -0.122. The summed E-state index contributed by atoms with van der Waals surface area (Å²) in [7, 11) is 1.58. The van der Waals surface area contributed by atoms with Crippen molar-refractivity contribution < 1.29 is 14.3 Å². The summed E-state index contributed by atoms with van der Waals surface area (Å²) in [4.78, 5) is 25.2. The SMILES string of the molecule is COc1ccc(C(=O)Nc2c3c(nn2CC(=O)NCc2ccccc2)CSC3)cc1. The van der Waals surface area contributed by atoms with Gasteiger partial charge in [0.15, 0.2) is 0 Å². The Bertz CT molecular complexity index is 1050. The number of hydrogen-bond donors (Lipinski definition) is 2. The smallest absolute Gasteiger partial charge is 0.256 e. The number of thioether (sulfide) groups is 1. The number of carbonyl (C=O) groups excluding carboxylic acids is 2. The quantitative estimate of drug-likeness (QED) is 0.611. The average molecular weight is 423 g/mol. The zero-order chi connectivity index (χ0) is 20.9. The molecule has 0 atom stereocenters. The highest BCUT2D eigenvalue weighted by Crippen LogP contribution is 2.34. The Kier molecular flexibility index (Phi) is 6.04. The maximum atomic E-state index is 12.8. The van der Waals surface area contributed by atoms with E-state index in [1.165, 1.54) is 0 Å². The van der Waals surface area contributed by atoms with Crippen LogP contribution in [0.2, 0.25) is 0 Å². The minimum absolute atomic E-state index is 0.0444. The summed E-state index contributed by atoms with van der Waals surface area (Å²) in [5.74, 6) is 2.41. The molecule has 1 aromatic heterocycles. The standard InChI is InChI=1S/C22H22N4O3S/c1-29-17-9-7-16(8-10-17)22(28)24-21-18-13-30-14-19(18)25-26(21)12-20(27)23-11-15-5-3-2-4-6-15/h2-10H,11-14H2,1H3,(H,23,27)(H,24,28). The van der Waals surface area contributed by atoms with Crippen LogP contribution < -0.4 is 15.4 Å². The molecule has 0 bridgehead atoms. The Hall–Kier alpha value is -3.26. The fraction of sp³-hybridized carbons (Fsp3) is 0.227. The van der Waals surface area contributed by atoms with E-state index < -0.39 is 0 Å². The van der Waals surface area contributed by atoms with Gasteiger partial charge in [-0.1, -0.05) is 30.3 Å². The largest absolute Gasteiger partial charge is 0.497 e. The van der Waals surface area contributed by atoms with E-state index in [4.69, 9.17) is 4.74 Å². The average Bonchev–Trinajstić information content (AvgIpc) is 3.35. The Labute approximate surface area is 178 Å². The lowest BCUT2D eigenvalue weighted by Crippen LogP contribution is -2.28. The molecule has 4 rings (SSSR count). The minimum atomic E-state index is -0.247. The van der Waals surface area contributed by atoms with Crippen LogP contribution in [-0.2, 0) is 29.4 Å². The molecule has 2 N–H and O–H groups in total. The minimum Gasteiger partial charge on any atom is -0.497 e. The molecule has 3 aromatic rings. The van der Waals surface area contributed by atoms with Crippen LogP contribution >= 0.6 is 11.8 Å². The normalized spacial score (nSPS) is 12.3. The summed E-state index contributed by atoms with van der Waals surface area (Å²) < 4.78 is 6.73. The van der Waals surface area contributed by atoms with Crippen molar-refractivity contribution in [3.63, 3.8) is 0 Å². The van der Waals surface area contributed by atoms with Gasteiger partial charge in [0.2, 0.25) is 5.91 Å². The van der Waals surface area contributed by atoms with Crippen LogP contribution in [0.15, 0.2) is 54.6 Å². The van der Waals surface area contributed by atoms with Gasteiger partial charge in [0.05, 0.1) is 12.8 Å². The lowest BCUT2D eigenvalue weighted by Gasteiger charge is -2.12. The van der Waals surface area contributed by atoms with Crippen molar-refractivity contribution in [1.82, 2.24) is 15.1 Å². The van der Waals surface area contributed by atoms with E-state index in [1.54, 1.807) is 47.8 Å². The van der Waals surface area contributed by atoms with Gasteiger partial charge in [-0.15, -0.1) is 0 Å². The summed E-state index contributed by atoms with van der Waals surface area (Å²) in [5, 5.41) is 10.4. The molecule has 2 amide bonds. The van der Waals surface area contributed by atoms with E-state index in [0.29, 0.717) is 23.7 Å². The number of anilines is 1. The molecule has 7 nitrogen and oxygen atoms in total. The molecule has 0 unspecified atom stereocenters. The molecule has 0 saturated heterocycles. The van der Waals surface area contributed by atoms with Gasteiger partial charge in [-0.2, -0.15) is 16.9 Å². The fourth-order valence-electron chi connectivity index (χ4n) is 3.23. The van der Waals surface area contributed by atoms with Crippen LogP contribution in [0, 0.1) is 0 Å². The molecule has 2 heterocycles. The number of benzene rings is 2. The van der Waals surface area contributed by atoms with Gasteiger partial charge in [-0.3, -0.25) is 9.59 Å². The first-order valence-electron chi connectivity index (χ1n) is 9.56. The van der Waals surface area contributed by atoms with Crippen molar-refractivity contribution in [1.29, 1.82) is 0 Å². The topological polar surface area (TPSA) is 85.2 Å². The molecule has 2 aromatic carbocycles. The van der Waals surface area contributed by atoms with Gasteiger partial charge in [0.1, 0.15) is 18.1 Å². The van der Waals surface area contributed by atoms with Crippen LogP contribution in [0.1, 0.15) is 27.2 Å². The Balaban J connectivity index is 1.47. The van der Waals surface area contributed by atoms with E-state index in [1.807, 2.05) is 30.3 Å². The van der Waals surface area contributed by atoms with Crippen molar-refractivity contribution in [3.8, 4) is 5.75 Å². The number of amides is 2. The van der Waals surface area contributed by atoms with E-state index in [0.717, 1.165) is 28.3 Å². The van der Waals surface area contributed by atoms with Crippen LogP contribution in [0.25, 0.3) is 0 Å². The zero-order valence-corrected chi connectivity index (χ0v) is 17.4. The number of rotatable bonds is 7. The summed E-state index contributed by atoms with van der Waals surface area (Å²) in [6.07, 6.45) is 0. The van der Waals surface area contributed by atoms with Crippen molar-refractivity contribution in [2.24, 2.45) is 0 Å². The second-order valence-corrected chi connectivity index (χ2v) is 7.85. The van der Waals surface area contributed by atoms with Gasteiger partial charge in [-0.25, -0.2) is 4.68 Å². The number of nitrogens with one attached hydrogen (secondary N) is 2. The van der Waals surface area contributed by atoms with Gasteiger partial charge in [-0.05, 0) is 29.8 Å². The first-order valence-corrected chi connectivity index (χ1v) is 10.7. The molecular weight excluding hydrogens is 400 g/mol. The Morgan fingerprint density at radius 3 is 2.60 bits per heavy atom. The molecule has 1 aliphatic heterocycles. The zero-order valence-electron chi connectivity index (χ0n) is 16.6. The summed E-state index contributed by atoms with van der Waals surface area (Å²) in [6, 6.07) is 16.6. The molecule has 0 saturated carbocycles. The molecule has 154 valence electrons. The molecule has 0 fully saturated rings. The summed E-state index contributed by atoms with van der Waals surface area (Å²) >= 11 is 1.74. The number of nitrogens with zero attached hydrogens (tertiary/aromatic N) is 2. The van der Waals surface area contributed by atoms with Gasteiger partial charge >= 0.3 is 0 Å². The number of fused-ring (bicyclic) bond motifs is 1. The predicted octanol–water partition coefficient (Wildman–Crippen LogP) is 3.21. The first-order chi connectivity index (χ1) is 14.6. The van der Waals surface area contributed by atoms with Crippen molar-refractivity contribution >= 4 is 29.4 Å². The van der Waals surface area contributed by atoms with Crippen LogP contribution in [0.5, 0.6) is 5.75 Å². The highest BCUT2D eigenvalue weighted by Gasteiger charge is 2.25. The number of hydrogen-bond acceptors (Lipinski definition) is 5. The molecule has 0 aliphatic carbocycles. The van der Waals surface area contributed by atoms with E-state index >= 15 is 0 Å².